The minimum Gasteiger partial charge on any atom is -0.490 e. The molecule has 4 amide bonds. The van der Waals surface area contributed by atoms with Gasteiger partial charge in [-0.05, 0) is 64.0 Å². The lowest BCUT2D eigenvalue weighted by Crippen LogP contribution is -2.39. The molecule has 1 aliphatic carbocycles. The van der Waals surface area contributed by atoms with E-state index in [0.29, 0.717) is 66.9 Å². The zero-order chi connectivity index (χ0) is 25.9. The minimum atomic E-state index is -0.688. The van der Waals surface area contributed by atoms with Crippen molar-refractivity contribution in [1.29, 1.82) is 0 Å². The second-order valence-electron chi connectivity index (χ2n) is 7.70. The number of urea groups is 1. The summed E-state index contributed by atoms with van der Waals surface area (Å²) in [6.45, 7) is 6.60. The third-order valence-electron chi connectivity index (χ3n) is 5.07. The summed E-state index contributed by atoms with van der Waals surface area (Å²) in [5, 5.41) is 7.84. The van der Waals surface area contributed by atoms with Crippen LogP contribution in [0.3, 0.4) is 0 Å². The number of rotatable bonds is 10. The lowest BCUT2D eigenvalue weighted by Gasteiger charge is -2.18. The third kappa shape index (κ3) is 7.11. The number of hydrogen-bond donors (Lipinski definition) is 3. The minimum absolute atomic E-state index is 0.189. The van der Waals surface area contributed by atoms with Crippen molar-refractivity contribution in [3.63, 3.8) is 0 Å². The number of allylic oxidation sites excluding steroid dienone is 3. The molecule has 2 aromatic carbocycles. The van der Waals surface area contributed by atoms with Gasteiger partial charge >= 0.3 is 6.03 Å². The predicted octanol–water partition coefficient (Wildman–Crippen LogP) is 4.31. The van der Waals surface area contributed by atoms with E-state index in [1.165, 1.54) is 12.1 Å². The maximum absolute atomic E-state index is 12.8. The number of benzene rings is 2. The van der Waals surface area contributed by atoms with Crippen LogP contribution in [0.4, 0.5) is 4.79 Å². The fourth-order valence-electron chi connectivity index (χ4n) is 3.55. The predicted molar refractivity (Wildman–Crippen MR) is 135 cm³/mol. The summed E-state index contributed by atoms with van der Waals surface area (Å²) in [5.74, 6) is 0.252. The molecule has 2 aromatic rings. The lowest BCUT2D eigenvalue weighted by molar-refractivity contribution is 0.0956. The first-order valence-corrected chi connectivity index (χ1v) is 11.9. The van der Waals surface area contributed by atoms with Crippen LogP contribution in [0.1, 0.15) is 54.3 Å². The highest BCUT2D eigenvalue weighted by Crippen LogP contribution is 2.39. The first-order chi connectivity index (χ1) is 17.4. The van der Waals surface area contributed by atoms with Crippen molar-refractivity contribution in [3.05, 3.63) is 77.1 Å². The second-order valence-corrected chi connectivity index (χ2v) is 7.70. The van der Waals surface area contributed by atoms with Crippen molar-refractivity contribution < 1.29 is 28.6 Å². The average Bonchev–Trinajstić information content (AvgIpc) is 2.86. The Morgan fingerprint density at radius 3 is 2.06 bits per heavy atom. The molecule has 0 radical (unpaired) electrons. The van der Waals surface area contributed by atoms with E-state index in [-0.39, 0.29) is 11.5 Å². The molecule has 0 aliphatic heterocycles. The van der Waals surface area contributed by atoms with Crippen LogP contribution in [0, 0.1) is 0 Å². The van der Waals surface area contributed by atoms with Gasteiger partial charge in [0.25, 0.3) is 11.8 Å². The summed E-state index contributed by atoms with van der Waals surface area (Å²) in [4.78, 5) is 37.8. The molecule has 0 spiro atoms. The number of ether oxygens (including phenoxy) is 3. The largest absolute Gasteiger partial charge is 0.490 e. The van der Waals surface area contributed by atoms with Crippen molar-refractivity contribution in [3.8, 4) is 17.2 Å². The van der Waals surface area contributed by atoms with E-state index < -0.39 is 11.9 Å². The van der Waals surface area contributed by atoms with Gasteiger partial charge in [0.1, 0.15) is 0 Å². The molecule has 190 valence electrons. The van der Waals surface area contributed by atoms with E-state index in [2.05, 4.69) is 16.0 Å². The van der Waals surface area contributed by atoms with E-state index in [1.807, 2.05) is 32.9 Å². The van der Waals surface area contributed by atoms with Crippen molar-refractivity contribution >= 4 is 17.8 Å². The van der Waals surface area contributed by atoms with Crippen LogP contribution in [0.25, 0.3) is 0 Å². The third-order valence-corrected chi connectivity index (χ3v) is 5.07. The molecular formula is C27H31N3O6. The Labute approximate surface area is 210 Å². The summed E-state index contributed by atoms with van der Waals surface area (Å²) in [6.07, 6.45) is 4.72. The Morgan fingerprint density at radius 2 is 1.44 bits per heavy atom. The zero-order valence-corrected chi connectivity index (χ0v) is 20.7. The number of amides is 4. The first kappa shape index (κ1) is 26.3. The number of carbonyl (C=O) groups is 3. The molecule has 0 saturated heterocycles. The molecule has 0 aromatic heterocycles. The standard InChI is InChI=1S/C27H31N3O6/c1-4-34-22-15-19(16-23(35-5-2)24(22)36-6-3)26(32)30-27(33)29-21-14-10-13-20(17-21)28-25(31)18-11-8-7-9-12-18/h7-9,11-13,15-17H,4-6,10,14H2,1-3H3,(H,28,31)(H2,29,30,32,33). The smallest absolute Gasteiger partial charge is 0.325 e. The van der Waals surface area contributed by atoms with E-state index in [0.717, 1.165) is 0 Å². The van der Waals surface area contributed by atoms with Gasteiger partial charge in [-0.25, -0.2) is 4.79 Å². The van der Waals surface area contributed by atoms with Gasteiger partial charge in [0.15, 0.2) is 11.5 Å². The fourth-order valence-corrected chi connectivity index (χ4v) is 3.55. The summed E-state index contributed by atoms with van der Waals surface area (Å²) in [7, 11) is 0. The van der Waals surface area contributed by atoms with E-state index in [4.69, 9.17) is 14.2 Å². The molecule has 36 heavy (non-hydrogen) atoms. The number of carbonyl (C=O) groups excluding carboxylic acids is 3. The molecule has 3 rings (SSSR count). The van der Waals surface area contributed by atoms with Crippen LogP contribution in [-0.2, 0) is 0 Å². The highest BCUT2D eigenvalue weighted by Gasteiger charge is 2.20. The monoisotopic (exact) mass is 493 g/mol. The Morgan fingerprint density at radius 1 is 0.806 bits per heavy atom. The summed E-state index contributed by atoms with van der Waals surface area (Å²) in [5.41, 5.74) is 1.87. The van der Waals surface area contributed by atoms with Crippen molar-refractivity contribution in [1.82, 2.24) is 16.0 Å². The van der Waals surface area contributed by atoms with Gasteiger partial charge in [-0.3, -0.25) is 14.9 Å². The molecule has 0 heterocycles. The maximum atomic E-state index is 12.8. The lowest BCUT2D eigenvalue weighted by atomic mass is 10.1. The number of hydrogen-bond acceptors (Lipinski definition) is 6. The van der Waals surface area contributed by atoms with Crippen molar-refractivity contribution in [2.24, 2.45) is 0 Å². The summed E-state index contributed by atoms with van der Waals surface area (Å²) in [6, 6.07) is 11.2. The quantitative estimate of drug-likeness (QED) is 0.454. The Kier molecular flexibility index (Phi) is 9.50. The average molecular weight is 494 g/mol. The molecule has 9 heteroatoms. The summed E-state index contributed by atoms with van der Waals surface area (Å²) >= 11 is 0. The highest BCUT2D eigenvalue weighted by molar-refractivity contribution is 6.05. The van der Waals surface area contributed by atoms with Gasteiger partial charge in [0, 0.05) is 22.5 Å². The van der Waals surface area contributed by atoms with E-state index in [1.54, 1.807) is 30.3 Å². The Bertz CT molecular complexity index is 1130. The maximum Gasteiger partial charge on any atom is 0.325 e. The molecule has 0 bridgehead atoms. The van der Waals surface area contributed by atoms with Crippen LogP contribution in [0.15, 0.2) is 66.0 Å². The molecular weight excluding hydrogens is 462 g/mol. The van der Waals surface area contributed by atoms with Gasteiger partial charge < -0.3 is 24.8 Å². The Hall–Kier alpha value is -4.27. The highest BCUT2D eigenvalue weighted by atomic mass is 16.5. The van der Waals surface area contributed by atoms with Gasteiger partial charge in [0.2, 0.25) is 5.75 Å². The van der Waals surface area contributed by atoms with E-state index >= 15 is 0 Å². The molecule has 0 saturated carbocycles. The Balaban J connectivity index is 1.67. The van der Waals surface area contributed by atoms with Gasteiger partial charge in [-0.15, -0.1) is 0 Å². The topological polar surface area (TPSA) is 115 Å². The van der Waals surface area contributed by atoms with Crippen LogP contribution in [0.5, 0.6) is 17.2 Å². The van der Waals surface area contributed by atoms with Crippen LogP contribution < -0.4 is 30.2 Å². The SMILES string of the molecule is CCOc1cc(C(=O)NC(=O)NC2=CC(NC(=O)c3ccccc3)=CCC2)cc(OCC)c1OCC. The van der Waals surface area contributed by atoms with Gasteiger partial charge in [0.05, 0.1) is 19.8 Å². The fraction of sp³-hybridized carbons (Fsp3) is 0.296. The van der Waals surface area contributed by atoms with Crippen LogP contribution >= 0.6 is 0 Å². The molecule has 3 N–H and O–H groups in total. The molecule has 9 nitrogen and oxygen atoms in total. The second kappa shape index (κ2) is 13.0. The molecule has 0 fully saturated rings. The number of nitrogens with one attached hydrogen (secondary N) is 3. The van der Waals surface area contributed by atoms with Gasteiger partial charge in [-0.2, -0.15) is 0 Å². The normalized spacial score (nSPS) is 12.5. The summed E-state index contributed by atoms with van der Waals surface area (Å²) < 4.78 is 16.9. The van der Waals surface area contributed by atoms with Gasteiger partial charge in [-0.1, -0.05) is 24.3 Å². The first-order valence-electron chi connectivity index (χ1n) is 11.9. The zero-order valence-electron chi connectivity index (χ0n) is 20.7. The van der Waals surface area contributed by atoms with Crippen molar-refractivity contribution in [2.75, 3.05) is 19.8 Å². The number of imide groups is 1. The van der Waals surface area contributed by atoms with Crippen LogP contribution in [0.2, 0.25) is 0 Å². The molecule has 0 atom stereocenters. The van der Waals surface area contributed by atoms with Crippen LogP contribution in [-0.4, -0.2) is 37.7 Å². The van der Waals surface area contributed by atoms with Crippen molar-refractivity contribution in [2.45, 2.75) is 33.6 Å². The van der Waals surface area contributed by atoms with E-state index in [9.17, 15) is 14.4 Å². The molecule has 1 aliphatic rings. The molecule has 0 unspecified atom stereocenters.